The molecule has 0 aliphatic rings. The van der Waals surface area contributed by atoms with E-state index in [0.717, 1.165) is 17.8 Å². The molecule has 36 heavy (non-hydrogen) atoms. The van der Waals surface area contributed by atoms with E-state index in [1.807, 2.05) is 6.07 Å². The molecule has 13 heteroatoms. The van der Waals surface area contributed by atoms with Crippen LogP contribution < -0.4 is 10.1 Å². The fraction of sp³-hybridized carbons (Fsp3) is 0.0870. The molecule has 1 amide bonds. The number of nitriles is 1. The van der Waals surface area contributed by atoms with Crippen molar-refractivity contribution < 1.29 is 19.4 Å². The number of nitrogens with one attached hydrogen (secondary N) is 1. The van der Waals surface area contributed by atoms with Crippen molar-refractivity contribution in [2.75, 3.05) is 18.2 Å². The van der Waals surface area contributed by atoms with Gasteiger partial charge in [-0.1, -0.05) is 23.9 Å². The van der Waals surface area contributed by atoms with Gasteiger partial charge in [0, 0.05) is 24.3 Å². The summed E-state index contributed by atoms with van der Waals surface area (Å²) in [5.74, 6) is -0.0662. The Hall–Kier alpha value is -4.96. The lowest BCUT2D eigenvalue weighted by molar-refractivity contribution is -0.385. The predicted octanol–water partition coefficient (Wildman–Crippen LogP) is 4.45. The molecule has 1 N–H and O–H groups in total. The molecule has 0 aliphatic carbocycles. The number of carbonyl (C=O) groups excluding carboxylic acids is 1. The second kappa shape index (κ2) is 10.1. The Morgan fingerprint density at radius 1 is 1.11 bits per heavy atom. The number of benzene rings is 3. The number of fused-ring (bicyclic) bond motifs is 1. The molecule has 1 aromatic heterocycles. The molecule has 0 unspecified atom stereocenters. The summed E-state index contributed by atoms with van der Waals surface area (Å²) < 4.78 is 7.21. The maximum absolute atomic E-state index is 12.7. The standard InChI is InChI=1S/C23H16N6O6S/c1-35-21-5-3-2-4-20(21)27-19-9-7-16(29(33)34)11-18(19)26-23(27)36-13-22(30)25-17-8-6-15(28(31)32)10-14(17)12-24/h2-11H,13H2,1H3,(H,25,30). The number of hydrogen-bond acceptors (Lipinski definition) is 9. The number of hydrogen-bond donors (Lipinski definition) is 1. The van der Waals surface area contributed by atoms with Gasteiger partial charge in [-0.2, -0.15) is 5.26 Å². The van der Waals surface area contributed by atoms with Gasteiger partial charge in [-0.15, -0.1) is 0 Å². The van der Waals surface area contributed by atoms with Gasteiger partial charge >= 0.3 is 0 Å². The first kappa shape index (κ1) is 24.2. The number of ether oxygens (including phenoxy) is 1. The van der Waals surface area contributed by atoms with Gasteiger partial charge in [-0.3, -0.25) is 29.6 Å². The van der Waals surface area contributed by atoms with E-state index in [0.29, 0.717) is 27.6 Å². The number of carbonyl (C=O) groups is 1. The minimum absolute atomic E-state index is 0.0453. The number of rotatable bonds is 8. The number of thioether (sulfide) groups is 1. The molecule has 0 saturated heterocycles. The summed E-state index contributed by atoms with van der Waals surface area (Å²) in [7, 11) is 1.51. The van der Waals surface area contributed by atoms with Crippen LogP contribution in [-0.2, 0) is 4.79 Å². The number of nitro benzene ring substituents is 2. The second-order valence-corrected chi connectivity index (χ2v) is 8.21. The molecule has 0 radical (unpaired) electrons. The molecule has 0 spiro atoms. The van der Waals surface area contributed by atoms with E-state index in [-0.39, 0.29) is 28.4 Å². The lowest BCUT2D eigenvalue weighted by atomic mass is 10.1. The van der Waals surface area contributed by atoms with E-state index in [4.69, 9.17) is 4.74 Å². The summed E-state index contributed by atoms with van der Waals surface area (Å²) in [4.78, 5) is 38.2. The number of non-ortho nitro benzene ring substituents is 2. The number of methoxy groups -OCH3 is 1. The van der Waals surface area contributed by atoms with Crippen molar-refractivity contribution in [1.82, 2.24) is 9.55 Å². The summed E-state index contributed by atoms with van der Waals surface area (Å²) >= 11 is 1.07. The normalized spacial score (nSPS) is 10.6. The van der Waals surface area contributed by atoms with Gasteiger partial charge in [0.1, 0.15) is 11.8 Å². The average Bonchev–Trinajstić information content (AvgIpc) is 3.24. The molecule has 4 aromatic rings. The molecule has 0 bridgehead atoms. The summed E-state index contributed by atoms with van der Waals surface area (Å²) in [5.41, 5.74) is 1.28. The minimum atomic E-state index is -0.630. The van der Waals surface area contributed by atoms with Crippen LogP contribution in [0.25, 0.3) is 16.7 Å². The lowest BCUT2D eigenvalue weighted by Crippen LogP contribution is -2.15. The zero-order valence-corrected chi connectivity index (χ0v) is 19.4. The Labute approximate surface area is 207 Å². The number of nitrogens with zero attached hydrogens (tertiary/aromatic N) is 5. The summed E-state index contributed by atoms with van der Waals surface area (Å²) in [5, 5.41) is 34.4. The third-order valence-electron chi connectivity index (χ3n) is 5.09. The molecule has 0 fully saturated rings. The molecule has 1 heterocycles. The monoisotopic (exact) mass is 504 g/mol. The highest BCUT2D eigenvalue weighted by Crippen LogP contribution is 2.34. The van der Waals surface area contributed by atoms with Crippen LogP contribution in [-0.4, -0.2) is 38.2 Å². The van der Waals surface area contributed by atoms with Gasteiger partial charge in [0.15, 0.2) is 5.16 Å². The Morgan fingerprint density at radius 2 is 1.81 bits per heavy atom. The summed E-state index contributed by atoms with van der Waals surface area (Å²) in [6.45, 7) is 0. The average molecular weight is 504 g/mol. The van der Waals surface area contributed by atoms with E-state index < -0.39 is 15.8 Å². The highest BCUT2D eigenvalue weighted by molar-refractivity contribution is 7.99. The van der Waals surface area contributed by atoms with Crippen molar-refractivity contribution in [3.05, 3.63) is 86.5 Å². The zero-order valence-electron chi connectivity index (χ0n) is 18.6. The second-order valence-electron chi connectivity index (χ2n) is 7.27. The largest absolute Gasteiger partial charge is 0.495 e. The first-order chi connectivity index (χ1) is 17.3. The number of imidazole rings is 1. The molecule has 0 atom stereocenters. The van der Waals surface area contributed by atoms with E-state index in [9.17, 15) is 30.3 Å². The van der Waals surface area contributed by atoms with Crippen LogP contribution in [0.3, 0.4) is 0 Å². The predicted molar refractivity (Wildman–Crippen MR) is 131 cm³/mol. The fourth-order valence-electron chi connectivity index (χ4n) is 3.47. The molecule has 3 aromatic carbocycles. The number of aromatic nitrogens is 2. The van der Waals surface area contributed by atoms with Crippen molar-refractivity contribution >= 4 is 45.8 Å². The van der Waals surface area contributed by atoms with E-state index in [1.165, 1.54) is 31.4 Å². The topological polar surface area (TPSA) is 166 Å². The van der Waals surface area contributed by atoms with Crippen molar-refractivity contribution in [3.8, 4) is 17.5 Å². The number of nitro groups is 2. The SMILES string of the molecule is COc1ccccc1-n1c(SCC(=O)Nc2ccc([N+](=O)[O-])cc2C#N)nc2cc([N+](=O)[O-])ccc21. The van der Waals surface area contributed by atoms with Crippen molar-refractivity contribution in [2.45, 2.75) is 5.16 Å². The van der Waals surface area contributed by atoms with Crippen LogP contribution in [0.15, 0.2) is 65.8 Å². The van der Waals surface area contributed by atoms with Gasteiger partial charge in [0.05, 0.1) is 50.7 Å². The van der Waals surface area contributed by atoms with Gasteiger partial charge in [-0.05, 0) is 24.3 Å². The molecule has 12 nitrogen and oxygen atoms in total. The third-order valence-corrected chi connectivity index (χ3v) is 6.02. The summed E-state index contributed by atoms with van der Waals surface area (Å²) in [6, 6.07) is 16.8. The minimum Gasteiger partial charge on any atom is -0.495 e. The number of para-hydroxylation sites is 2. The first-order valence-corrected chi connectivity index (χ1v) is 11.2. The van der Waals surface area contributed by atoms with Crippen LogP contribution in [0, 0.1) is 31.6 Å². The highest BCUT2D eigenvalue weighted by atomic mass is 32.2. The van der Waals surface area contributed by atoms with Crippen LogP contribution in [0.4, 0.5) is 17.1 Å². The number of amides is 1. The molecule has 4 rings (SSSR count). The van der Waals surface area contributed by atoms with Gasteiger partial charge in [-0.25, -0.2) is 4.98 Å². The van der Waals surface area contributed by atoms with Gasteiger partial charge in [0.2, 0.25) is 5.91 Å². The fourth-order valence-corrected chi connectivity index (χ4v) is 4.29. The van der Waals surface area contributed by atoms with Gasteiger partial charge in [0.25, 0.3) is 11.4 Å². The molecule has 180 valence electrons. The van der Waals surface area contributed by atoms with Crippen molar-refractivity contribution in [1.29, 1.82) is 5.26 Å². The van der Waals surface area contributed by atoms with Crippen LogP contribution in [0.1, 0.15) is 5.56 Å². The highest BCUT2D eigenvalue weighted by Gasteiger charge is 2.20. The lowest BCUT2D eigenvalue weighted by Gasteiger charge is -2.13. The third kappa shape index (κ3) is 4.79. The van der Waals surface area contributed by atoms with Crippen molar-refractivity contribution in [3.63, 3.8) is 0 Å². The molecular formula is C23H16N6O6S. The van der Waals surface area contributed by atoms with Crippen molar-refractivity contribution in [2.24, 2.45) is 0 Å². The Morgan fingerprint density at radius 3 is 2.50 bits per heavy atom. The van der Waals surface area contributed by atoms with Crippen LogP contribution in [0.5, 0.6) is 5.75 Å². The smallest absolute Gasteiger partial charge is 0.271 e. The number of anilines is 1. The molecule has 0 saturated carbocycles. The molecular weight excluding hydrogens is 488 g/mol. The van der Waals surface area contributed by atoms with Crippen LogP contribution >= 0.6 is 11.8 Å². The van der Waals surface area contributed by atoms with Crippen LogP contribution in [0.2, 0.25) is 0 Å². The zero-order chi connectivity index (χ0) is 25.8. The molecule has 0 aliphatic heterocycles. The van der Waals surface area contributed by atoms with E-state index in [1.54, 1.807) is 34.9 Å². The maximum atomic E-state index is 12.7. The quantitative estimate of drug-likeness (QED) is 0.207. The maximum Gasteiger partial charge on any atom is 0.271 e. The Balaban J connectivity index is 1.66. The summed E-state index contributed by atoms with van der Waals surface area (Å²) in [6.07, 6.45) is 0. The van der Waals surface area contributed by atoms with Gasteiger partial charge < -0.3 is 10.1 Å². The first-order valence-electron chi connectivity index (χ1n) is 10.2. The Kier molecular flexibility index (Phi) is 6.79. The van der Waals surface area contributed by atoms with E-state index >= 15 is 0 Å². The van der Waals surface area contributed by atoms with E-state index in [2.05, 4.69) is 10.3 Å². The Bertz CT molecular complexity index is 1560.